The predicted molar refractivity (Wildman–Crippen MR) is 61.0 cm³/mol. The second kappa shape index (κ2) is 4.06. The third kappa shape index (κ3) is 2.04. The summed E-state index contributed by atoms with van der Waals surface area (Å²) < 4.78 is 0. The molecule has 0 aliphatic heterocycles. The van der Waals surface area contributed by atoms with Crippen LogP contribution in [0.2, 0.25) is 0 Å². The Hall–Kier alpha value is -1.29. The molecule has 0 saturated heterocycles. The van der Waals surface area contributed by atoms with Gasteiger partial charge in [0.1, 0.15) is 16.9 Å². The van der Waals surface area contributed by atoms with E-state index in [0.29, 0.717) is 6.42 Å². The Morgan fingerprint density at radius 3 is 3.00 bits per heavy atom. The number of carbonyl (C=O) groups is 1. The molecule has 0 saturated carbocycles. The summed E-state index contributed by atoms with van der Waals surface area (Å²) in [5.74, 6) is 0.287. The van der Waals surface area contributed by atoms with Gasteiger partial charge in [-0.3, -0.25) is 4.79 Å². The minimum Gasteiger partial charge on any atom is -0.299 e. The van der Waals surface area contributed by atoms with Crippen LogP contribution in [-0.2, 0) is 11.2 Å². The van der Waals surface area contributed by atoms with Crippen LogP contribution < -0.4 is 0 Å². The zero-order valence-corrected chi connectivity index (χ0v) is 9.54. The lowest BCUT2D eigenvalue weighted by Crippen LogP contribution is -2.11. The maximum absolute atomic E-state index is 11.6. The standard InChI is InChI=1S/C11H12N2OS/c1-7(2)10(14)5-9-8-3-4-15-11(8)13-6-12-9/h3-4,6-7H,5H2,1-2H3. The number of aromatic nitrogens is 2. The minimum absolute atomic E-state index is 0.0636. The number of ketones is 1. The van der Waals surface area contributed by atoms with E-state index in [0.717, 1.165) is 15.9 Å². The average molecular weight is 220 g/mol. The van der Waals surface area contributed by atoms with E-state index in [1.54, 1.807) is 11.3 Å². The van der Waals surface area contributed by atoms with E-state index in [2.05, 4.69) is 9.97 Å². The summed E-state index contributed by atoms with van der Waals surface area (Å²) >= 11 is 1.57. The van der Waals surface area contributed by atoms with Crippen molar-refractivity contribution in [2.24, 2.45) is 5.92 Å². The molecule has 3 nitrogen and oxygen atoms in total. The summed E-state index contributed by atoms with van der Waals surface area (Å²) in [6, 6.07) is 1.98. The van der Waals surface area contributed by atoms with Crippen molar-refractivity contribution in [2.45, 2.75) is 20.3 Å². The Labute approximate surface area is 92.2 Å². The van der Waals surface area contributed by atoms with Crippen molar-refractivity contribution in [1.82, 2.24) is 9.97 Å². The molecule has 0 aliphatic rings. The number of nitrogens with zero attached hydrogens (tertiary/aromatic N) is 2. The number of hydrogen-bond acceptors (Lipinski definition) is 4. The molecule has 78 valence electrons. The van der Waals surface area contributed by atoms with Crippen LogP contribution in [0.15, 0.2) is 17.8 Å². The van der Waals surface area contributed by atoms with Crippen molar-refractivity contribution in [3.8, 4) is 0 Å². The zero-order chi connectivity index (χ0) is 10.8. The van der Waals surface area contributed by atoms with Gasteiger partial charge in [0, 0.05) is 17.7 Å². The topological polar surface area (TPSA) is 42.9 Å². The van der Waals surface area contributed by atoms with Gasteiger partial charge in [-0.15, -0.1) is 11.3 Å². The molecule has 0 radical (unpaired) electrons. The van der Waals surface area contributed by atoms with E-state index in [1.807, 2.05) is 25.3 Å². The van der Waals surface area contributed by atoms with Gasteiger partial charge in [-0.1, -0.05) is 13.8 Å². The monoisotopic (exact) mass is 220 g/mol. The molecule has 4 heteroatoms. The summed E-state index contributed by atoms with van der Waals surface area (Å²) in [7, 11) is 0. The van der Waals surface area contributed by atoms with Gasteiger partial charge in [-0.25, -0.2) is 9.97 Å². The summed E-state index contributed by atoms with van der Waals surface area (Å²) in [5.41, 5.74) is 0.847. The molecule has 0 atom stereocenters. The fraction of sp³-hybridized carbons (Fsp3) is 0.364. The highest BCUT2D eigenvalue weighted by molar-refractivity contribution is 7.16. The van der Waals surface area contributed by atoms with Crippen LogP contribution in [0, 0.1) is 5.92 Å². The largest absolute Gasteiger partial charge is 0.299 e. The highest BCUT2D eigenvalue weighted by Crippen LogP contribution is 2.21. The second-order valence-corrected chi connectivity index (χ2v) is 4.65. The first kappa shape index (κ1) is 10.2. The number of thiophene rings is 1. The van der Waals surface area contributed by atoms with Crippen LogP contribution >= 0.6 is 11.3 Å². The van der Waals surface area contributed by atoms with Crippen molar-refractivity contribution in [3.63, 3.8) is 0 Å². The molecule has 0 fully saturated rings. The first-order valence-corrected chi connectivity index (χ1v) is 5.76. The van der Waals surface area contributed by atoms with Gasteiger partial charge in [0.05, 0.1) is 5.69 Å². The summed E-state index contributed by atoms with van der Waals surface area (Å²) in [4.78, 5) is 20.9. The molecule has 15 heavy (non-hydrogen) atoms. The molecule has 0 unspecified atom stereocenters. The van der Waals surface area contributed by atoms with Gasteiger partial charge in [0.15, 0.2) is 0 Å². The van der Waals surface area contributed by atoms with E-state index >= 15 is 0 Å². The van der Waals surface area contributed by atoms with E-state index in [9.17, 15) is 4.79 Å². The van der Waals surface area contributed by atoms with E-state index in [-0.39, 0.29) is 11.7 Å². The number of hydrogen-bond donors (Lipinski definition) is 0. The summed E-state index contributed by atoms with van der Waals surface area (Å²) in [5, 5.41) is 2.99. The van der Waals surface area contributed by atoms with Crippen molar-refractivity contribution in [3.05, 3.63) is 23.5 Å². The molecule has 0 aromatic carbocycles. The van der Waals surface area contributed by atoms with Crippen molar-refractivity contribution in [1.29, 1.82) is 0 Å². The van der Waals surface area contributed by atoms with E-state index in [4.69, 9.17) is 0 Å². The lowest BCUT2D eigenvalue weighted by Gasteiger charge is -2.03. The molecule has 2 aromatic heterocycles. The number of fused-ring (bicyclic) bond motifs is 1. The highest BCUT2D eigenvalue weighted by atomic mass is 32.1. The van der Waals surface area contributed by atoms with Gasteiger partial charge >= 0.3 is 0 Å². The lowest BCUT2D eigenvalue weighted by molar-refractivity contribution is -0.121. The summed E-state index contributed by atoms with van der Waals surface area (Å²) in [6.07, 6.45) is 1.94. The average Bonchev–Trinajstić information content (AvgIpc) is 2.66. The van der Waals surface area contributed by atoms with Crippen molar-refractivity contribution >= 4 is 27.3 Å². The molecular formula is C11H12N2OS. The minimum atomic E-state index is 0.0636. The first-order chi connectivity index (χ1) is 7.18. The van der Waals surface area contributed by atoms with Crippen molar-refractivity contribution < 1.29 is 4.79 Å². The molecule has 0 N–H and O–H groups in total. The molecule has 0 bridgehead atoms. The Bertz CT molecular complexity index is 490. The van der Waals surface area contributed by atoms with Gasteiger partial charge in [0.2, 0.25) is 0 Å². The highest BCUT2D eigenvalue weighted by Gasteiger charge is 2.12. The van der Waals surface area contributed by atoms with Gasteiger partial charge in [-0.05, 0) is 11.4 Å². The Balaban J connectivity index is 2.35. The van der Waals surface area contributed by atoms with E-state index < -0.39 is 0 Å². The van der Waals surface area contributed by atoms with Gasteiger partial charge in [0.25, 0.3) is 0 Å². The second-order valence-electron chi connectivity index (χ2n) is 3.76. The molecule has 0 aliphatic carbocycles. The molecule has 2 rings (SSSR count). The van der Waals surface area contributed by atoms with Crippen LogP contribution in [0.3, 0.4) is 0 Å². The fourth-order valence-corrected chi connectivity index (χ4v) is 2.11. The van der Waals surface area contributed by atoms with E-state index in [1.165, 1.54) is 6.33 Å². The van der Waals surface area contributed by atoms with Gasteiger partial charge < -0.3 is 0 Å². The number of Topliss-reactive ketones (excluding diaryl/α,β-unsaturated/α-hetero) is 1. The van der Waals surface area contributed by atoms with Crippen molar-refractivity contribution in [2.75, 3.05) is 0 Å². The smallest absolute Gasteiger partial charge is 0.141 e. The maximum atomic E-state index is 11.6. The summed E-state index contributed by atoms with van der Waals surface area (Å²) in [6.45, 7) is 3.82. The first-order valence-electron chi connectivity index (χ1n) is 4.88. The van der Waals surface area contributed by atoms with Crippen LogP contribution in [0.1, 0.15) is 19.5 Å². The maximum Gasteiger partial charge on any atom is 0.141 e. The Morgan fingerprint density at radius 2 is 2.27 bits per heavy atom. The normalized spacial score (nSPS) is 11.1. The molecule has 2 aromatic rings. The molecule has 2 heterocycles. The number of rotatable bonds is 3. The molecule has 0 amide bonds. The predicted octanol–water partition coefficient (Wildman–Crippen LogP) is 2.46. The van der Waals surface area contributed by atoms with Crippen LogP contribution in [-0.4, -0.2) is 15.8 Å². The van der Waals surface area contributed by atoms with Crippen LogP contribution in [0.25, 0.3) is 10.2 Å². The SMILES string of the molecule is CC(C)C(=O)Cc1ncnc2sccc12. The molecular weight excluding hydrogens is 208 g/mol. The number of carbonyl (C=O) groups excluding carboxylic acids is 1. The zero-order valence-electron chi connectivity index (χ0n) is 8.73. The Morgan fingerprint density at radius 1 is 1.47 bits per heavy atom. The quantitative estimate of drug-likeness (QED) is 0.798. The third-order valence-corrected chi connectivity index (χ3v) is 3.15. The third-order valence-electron chi connectivity index (χ3n) is 2.33. The Kier molecular flexibility index (Phi) is 2.77. The van der Waals surface area contributed by atoms with Gasteiger partial charge in [-0.2, -0.15) is 0 Å². The molecule has 0 spiro atoms. The van der Waals surface area contributed by atoms with Crippen LogP contribution in [0.5, 0.6) is 0 Å². The fourth-order valence-electron chi connectivity index (χ4n) is 1.35. The lowest BCUT2D eigenvalue weighted by atomic mass is 10.0. The van der Waals surface area contributed by atoms with Crippen LogP contribution in [0.4, 0.5) is 0 Å².